The van der Waals surface area contributed by atoms with Crippen molar-refractivity contribution in [3.05, 3.63) is 35.4 Å². The molecule has 1 saturated heterocycles. The molecular weight excluding hydrogens is 260 g/mol. The van der Waals surface area contributed by atoms with Crippen LogP contribution in [0.25, 0.3) is 0 Å². The van der Waals surface area contributed by atoms with Gasteiger partial charge >= 0.3 is 0 Å². The van der Waals surface area contributed by atoms with Gasteiger partial charge in [0.15, 0.2) is 0 Å². The summed E-state index contributed by atoms with van der Waals surface area (Å²) < 4.78 is 27.0. The first kappa shape index (κ1) is 15.4. The molecule has 112 valence electrons. The summed E-state index contributed by atoms with van der Waals surface area (Å²) in [5, 5.41) is 0. The highest BCUT2D eigenvalue weighted by atomic mass is 19.1. The van der Waals surface area contributed by atoms with E-state index in [1.54, 1.807) is 6.07 Å². The molecule has 0 spiro atoms. The van der Waals surface area contributed by atoms with Gasteiger partial charge in [-0.1, -0.05) is 13.0 Å². The lowest BCUT2D eigenvalue weighted by Crippen LogP contribution is -2.48. The van der Waals surface area contributed by atoms with Gasteiger partial charge in [0.05, 0.1) is 0 Å². The van der Waals surface area contributed by atoms with Crippen molar-refractivity contribution in [2.75, 3.05) is 39.3 Å². The summed E-state index contributed by atoms with van der Waals surface area (Å²) in [6.07, 6.45) is 0.819. The zero-order valence-electron chi connectivity index (χ0n) is 12.0. The first-order chi connectivity index (χ1) is 9.65. The molecule has 5 heteroatoms. The van der Waals surface area contributed by atoms with Crippen LogP contribution in [0, 0.1) is 11.6 Å². The molecule has 0 aliphatic carbocycles. The predicted molar refractivity (Wildman–Crippen MR) is 76.5 cm³/mol. The average Bonchev–Trinajstić information content (AvgIpc) is 2.44. The Hall–Kier alpha value is -1.04. The summed E-state index contributed by atoms with van der Waals surface area (Å²) in [6.45, 7) is 7.33. The van der Waals surface area contributed by atoms with Crippen LogP contribution >= 0.6 is 0 Å². The highest BCUT2D eigenvalue weighted by molar-refractivity contribution is 5.22. The van der Waals surface area contributed by atoms with Crippen LogP contribution in [-0.4, -0.2) is 49.1 Å². The minimum atomic E-state index is -0.520. The van der Waals surface area contributed by atoms with Crippen LogP contribution in [0.5, 0.6) is 0 Å². The van der Waals surface area contributed by atoms with E-state index in [1.807, 2.05) is 6.92 Å². The van der Waals surface area contributed by atoms with Crippen molar-refractivity contribution < 1.29 is 8.78 Å². The van der Waals surface area contributed by atoms with Crippen LogP contribution in [0.15, 0.2) is 18.2 Å². The molecule has 0 bridgehead atoms. The smallest absolute Gasteiger partial charge is 0.130 e. The van der Waals surface area contributed by atoms with Crippen LogP contribution < -0.4 is 5.73 Å². The number of nitrogens with two attached hydrogens (primary N) is 1. The number of nitrogens with zero attached hydrogens (tertiary/aromatic N) is 2. The molecule has 1 atom stereocenters. The van der Waals surface area contributed by atoms with Crippen molar-refractivity contribution in [2.24, 2.45) is 5.73 Å². The number of hydrogen-bond donors (Lipinski definition) is 1. The molecule has 1 aromatic rings. The van der Waals surface area contributed by atoms with E-state index in [9.17, 15) is 8.78 Å². The van der Waals surface area contributed by atoms with Gasteiger partial charge in [-0.25, -0.2) is 8.78 Å². The Morgan fingerprint density at radius 1 is 1.20 bits per heavy atom. The van der Waals surface area contributed by atoms with E-state index >= 15 is 0 Å². The maximum atomic E-state index is 13.9. The van der Waals surface area contributed by atoms with Crippen molar-refractivity contribution in [3.63, 3.8) is 0 Å². The molecule has 3 nitrogen and oxygen atoms in total. The molecule has 1 aromatic carbocycles. The lowest BCUT2D eigenvalue weighted by molar-refractivity contribution is 0.0941. The van der Waals surface area contributed by atoms with Crippen LogP contribution in [0.4, 0.5) is 8.78 Å². The van der Waals surface area contributed by atoms with Gasteiger partial charge in [-0.2, -0.15) is 0 Å². The number of rotatable bonds is 5. The highest BCUT2D eigenvalue weighted by Crippen LogP contribution is 2.27. The van der Waals surface area contributed by atoms with Crippen molar-refractivity contribution in [1.29, 1.82) is 0 Å². The van der Waals surface area contributed by atoms with Crippen molar-refractivity contribution in [2.45, 2.75) is 19.4 Å². The van der Waals surface area contributed by atoms with Gasteiger partial charge in [0, 0.05) is 56.9 Å². The molecule has 1 heterocycles. The topological polar surface area (TPSA) is 32.5 Å². The molecule has 1 fully saturated rings. The van der Waals surface area contributed by atoms with E-state index < -0.39 is 11.6 Å². The molecular formula is C15H23F2N3. The summed E-state index contributed by atoms with van der Waals surface area (Å²) >= 11 is 0. The number of piperazine rings is 1. The van der Waals surface area contributed by atoms with Gasteiger partial charge in [0.1, 0.15) is 11.6 Å². The quantitative estimate of drug-likeness (QED) is 0.897. The molecule has 0 aromatic heterocycles. The fourth-order valence-corrected chi connectivity index (χ4v) is 2.93. The predicted octanol–water partition coefficient (Wildman–Crippen LogP) is 1.99. The van der Waals surface area contributed by atoms with E-state index in [0.717, 1.165) is 45.2 Å². The summed E-state index contributed by atoms with van der Waals surface area (Å²) in [6, 6.07) is 3.91. The molecule has 0 saturated carbocycles. The van der Waals surface area contributed by atoms with Gasteiger partial charge in [-0.3, -0.25) is 9.80 Å². The van der Waals surface area contributed by atoms with E-state index in [2.05, 4.69) is 9.80 Å². The van der Waals surface area contributed by atoms with Gasteiger partial charge in [-0.15, -0.1) is 0 Å². The molecule has 2 N–H and O–H groups in total. The molecule has 1 aliphatic rings. The van der Waals surface area contributed by atoms with Gasteiger partial charge < -0.3 is 5.73 Å². The van der Waals surface area contributed by atoms with Crippen molar-refractivity contribution in [3.8, 4) is 0 Å². The number of benzene rings is 1. The first-order valence-electron chi connectivity index (χ1n) is 7.27. The monoisotopic (exact) mass is 283 g/mol. The second-order valence-corrected chi connectivity index (χ2v) is 5.26. The molecule has 2 rings (SSSR count). The third-order valence-corrected chi connectivity index (χ3v) is 4.00. The minimum absolute atomic E-state index is 0.0237. The second-order valence-electron chi connectivity index (χ2n) is 5.26. The van der Waals surface area contributed by atoms with Crippen molar-refractivity contribution in [1.82, 2.24) is 9.80 Å². The van der Waals surface area contributed by atoms with Gasteiger partial charge in [0.25, 0.3) is 0 Å². The standard InChI is InChI=1S/C15H23F2N3/c1-2-15(13-4-3-12(16)11-14(13)17)20-9-7-19(6-5-18)8-10-20/h3-4,11,15H,2,5-10,18H2,1H3. The maximum Gasteiger partial charge on any atom is 0.130 e. The normalized spacial score (nSPS) is 19.2. The zero-order chi connectivity index (χ0) is 14.5. The lowest BCUT2D eigenvalue weighted by Gasteiger charge is -2.39. The fourth-order valence-electron chi connectivity index (χ4n) is 2.93. The Balaban J connectivity index is 2.05. The lowest BCUT2D eigenvalue weighted by atomic mass is 10.0. The van der Waals surface area contributed by atoms with Crippen LogP contribution in [0.2, 0.25) is 0 Å². The Morgan fingerprint density at radius 3 is 2.45 bits per heavy atom. The maximum absolute atomic E-state index is 13.9. The van der Waals surface area contributed by atoms with Gasteiger partial charge in [-0.05, 0) is 12.5 Å². The molecule has 1 aliphatic heterocycles. The summed E-state index contributed by atoms with van der Waals surface area (Å²) in [5.74, 6) is -0.963. The van der Waals surface area contributed by atoms with Crippen LogP contribution in [0.3, 0.4) is 0 Å². The van der Waals surface area contributed by atoms with Gasteiger partial charge in [0.2, 0.25) is 0 Å². The summed E-state index contributed by atoms with van der Waals surface area (Å²) in [4.78, 5) is 4.60. The number of halogens is 2. The van der Waals surface area contributed by atoms with Crippen LogP contribution in [-0.2, 0) is 0 Å². The third-order valence-electron chi connectivity index (χ3n) is 4.00. The molecule has 20 heavy (non-hydrogen) atoms. The first-order valence-corrected chi connectivity index (χ1v) is 7.27. The Bertz CT molecular complexity index is 431. The third kappa shape index (κ3) is 3.53. The average molecular weight is 283 g/mol. The minimum Gasteiger partial charge on any atom is -0.329 e. The van der Waals surface area contributed by atoms with E-state index in [0.29, 0.717) is 12.1 Å². The van der Waals surface area contributed by atoms with Crippen molar-refractivity contribution >= 4 is 0 Å². The fraction of sp³-hybridized carbons (Fsp3) is 0.600. The van der Waals surface area contributed by atoms with E-state index in [4.69, 9.17) is 5.73 Å². The number of hydrogen-bond acceptors (Lipinski definition) is 3. The largest absolute Gasteiger partial charge is 0.329 e. The summed E-state index contributed by atoms with van der Waals surface area (Å²) in [7, 11) is 0. The second kappa shape index (κ2) is 7.11. The highest BCUT2D eigenvalue weighted by Gasteiger charge is 2.25. The van der Waals surface area contributed by atoms with Crippen LogP contribution in [0.1, 0.15) is 24.9 Å². The Labute approximate surface area is 119 Å². The van der Waals surface area contributed by atoms with E-state index in [1.165, 1.54) is 6.07 Å². The Kier molecular flexibility index (Phi) is 5.46. The summed E-state index contributed by atoms with van der Waals surface area (Å²) in [5.41, 5.74) is 6.16. The molecule has 0 radical (unpaired) electrons. The Morgan fingerprint density at radius 2 is 1.90 bits per heavy atom. The van der Waals surface area contributed by atoms with E-state index in [-0.39, 0.29) is 6.04 Å². The zero-order valence-corrected chi connectivity index (χ0v) is 12.0. The molecule has 0 amide bonds. The SMILES string of the molecule is CCC(c1ccc(F)cc1F)N1CCN(CCN)CC1. The molecule has 1 unspecified atom stereocenters.